The van der Waals surface area contributed by atoms with Crippen molar-refractivity contribution in [3.05, 3.63) is 28.2 Å². The first-order valence-electron chi connectivity index (χ1n) is 7.16. The van der Waals surface area contributed by atoms with Gasteiger partial charge < -0.3 is 14.8 Å². The van der Waals surface area contributed by atoms with Crippen LogP contribution in [0.5, 0.6) is 5.75 Å². The lowest BCUT2D eigenvalue weighted by atomic mass is 10.1. The van der Waals surface area contributed by atoms with Crippen molar-refractivity contribution in [3.8, 4) is 5.75 Å². The molecule has 0 heterocycles. The van der Waals surface area contributed by atoms with Crippen LogP contribution >= 0.6 is 15.9 Å². The predicted octanol–water partition coefficient (Wildman–Crippen LogP) is 3.80. The van der Waals surface area contributed by atoms with Crippen molar-refractivity contribution in [2.75, 3.05) is 26.4 Å². The van der Waals surface area contributed by atoms with Gasteiger partial charge in [0.25, 0.3) is 0 Å². The van der Waals surface area contributed by atoms with Crippen LogP contribution in [0, 0.1) is 0 Å². The molecule has 0 aliphatic heterocycles. The minimum Gasteiger partial charge on any atom is -0.494 e. The van der Waals surface area contributed by atoms with Gasteiger partial charge in [-0.05, 0) is 51.8 Å². The Labute approximate surface area is 131 Å². The van der Waals surface area contributed by atoms with E-state index < -0.39 is 0 Å². The van der Waals surface area contributed by atoms with E-state index in [4.69, 9.17) is 9.47 Å². The van der Waals surface area contributed by atoms with Crippen LogP contribution in [0.25, 0.3) is 0 Å². The molecule has 1 aromatic rings. The normalized spacial score (nSPS) is 11.7. The van der Waals surface area contributed by atoms with Crippen LogP contribution in [-0.2, 0) is 11.2 Å². The van der Waals surface area contributed by atoms with Crippen molar-refractivity contribution in [1.29, 1.82) is 0 Å². The largest absolute Gasteiger partial charge is 0.494 e. The standard InChI is InChI=1S/C16H26BrNO2/c1-5-20-14-7-6-13(15(17)12-14)8-10-19-11-9-18-16(2,3)4/h6-7,12,18H,5,8-11H2,1-4H3. The SMILES string of the molecule is CCOc1ccc(CCOCCNC(C)(C)C)c(Br)c1. The van der Waals surface area contributed by atoms with Gasteiger partial charge in [0.1, 0.15) is 5.75 Å². The highest BCUT2D eigenvalue weighted by molar-refractivity contribution is 9.10. The second-order valence-corrected chi connectivity index (χ2v) is 6.58. The second kappa shape index (κ2) is 8.65. The molecule has 0 saturated carbocycles. The molecule has 0 spiro atoms. The summed E-state index contributed by atoms with van der Waals surface area (Å²) in [6, 6.07) is 6.11. The maximum Gasteiger partial charge on any atom is 0.120 e. The molecule has 114 valence electrons. The molecule has 0 aliphatic carbocycles. The van der Waals surface area contributed by atoms with E-state index >= 15 is 0 Å². The summed E-state index contributed by atoms with van der Waals surface area (Å²) in [7, 11) is 0. The summed E-state index contributed by atoms with van der Waals surface area (Å²) in [6.45, 7) is 11.5. The maximum absolute atomic E-state index is 5.65. The zero-order valence-corrected chi connectivity index (χ0v) is 14.5. The summed E-state index contributed by atoms with van der Waals surface area (Å²) >= 11 is 3.58. The monoisotopic (exact) mass is 343 g/mol. The van der Waals surface area contributed by atoms with Gasteiger partial charge in [0.05, 0.1) is 19.8 Å². The Bertz CT molecular complexity index is 402. The quantitative estimate of drug-likeness (QED) is 0.728. The molecule has 20 heavy (non-hydrogen) atoms. The van der Waals surface area contributed by atoms with Crippen molar-refractivity contribution in [2.24, 2.45) is 0 Å². The molecule has 0 unspecified atom stereocenters. The van der Waals surface area contributed by atoms with Crippen LogP contribution in [0.15, 0.2) is 22.7 Å². The summed E-state index contributed by atoms with van der Waals surface area (Å²) < 4.78 is 12.2. The highest BCUT2D eigenvalue weighted by atomic mass is 79.9. The Kier molecular flexibility index (Phi) is 7.56. The second-order valence-electron chi connectivity index (χ2n) is 5.73. The molecule has 1 aromatic carbocycles. The molecule has 0 aromatic heterocycles. The lowest BCUT2D eigenvalue weighted by Gasteiger charge is -2.20. The van der Waals surface area contributed by atoms with Gasteiger partial charge in [-0.2, -0.15) is 0 Å². The highest BCUT2D eigenvalue weighted by Crippen LogP contribution is 2.23. The average molecular weight is 344 g/mol. The first-order chi connectivity index (χ1) is 9.42. The van der Waals surface area contributed by atoms with Crippen LogP contribution in [0.4, 0.5) is 0 Å². The number of hydrogen-bond donors (Lipinski definition) is 1. The number of rotatable bonds is 8. The topological polar surface area (TPSA) is 30.5 Å². The Morgan fingerprint density at radius 1 is 1.20 bits per heavy atom. The van der Waals surface area contributed by atoms with Crippen molar-refractivity contribution in [1.82, 2.24) is 5.32 Å². The molecular weight excluding hydrogens is 318 g/mol. The third-order valence-corrected chi connectivity index (χ3v) is 3.49. The molecule has 1 N–H and O–H groups in total. The molecule has 0 bridgehead atoms. The number of ether oxygens (including phenoxy) is 2. The van der Waals surface area contributed by atoms with Gasteiger partial charge in [-0.15, -0.1) is 0 Å². The van der Waals surface area contributed by atoms with Crippen molar-refractivity contribution >= 4 is 15.9 Å². The zero-order valence-electron chi connectivity index (χ0n) is 13.0. The third-order valence-electron chi connectivity index (χ3n) is 2.75. The third kappa shape index (κ3) is 7.27. The van der Waals surface area contributed by atoms with E-state index in [1.165, 1.54) is 5.56 Å². The van der Waals surface area contributed by atoms with Gasteiger partial charge in [0.15, 0.2) is 0 Å². The highest BCUT2D eigenvalue weighted by Gasteiger charge is 2.07. The first kappa shape index (κ1) is 17.5. The summed E-state index contributed by atoms with van der Waals surface area (Å²) in [5.74, 6) is 0.901. The van der Waals surface area contributed by atoms with Crippen LogP contribution in [-0.4, -0.2) is 31.9 Å². The molecule has 0 saturated heterocycles. The van der Waals surface area contributed by atoms with E-state index in [9.17, 15) is 0 Å². The van der Waals surface area contributed by atoms with E-state index in [-0.39, 0.29) is 5.54 Å². The van der Waals surface area contributed by atoms with E-state index in [2.05, 4.69) is 48.1 Å². The lowest BCUT2D eigenvalue weighted by molar-refractivity contribution is 0.133. The smallest absolute Gasteiger partial charge is 0.120 e. The Balaban J connectivity index is 2.25. The van der Waals surface area contributed by atoms with Gasteiger partial charge >= 0.3 is 0 Å². The van der Waals surface area contributed by atoms with Gasteiger partial charge in [0.2, 0.25) is 0 Å². The van der Waals surface area contributed by atoms with Crippen LogP contribution in [0.1, 0.15) is 33.3 Å². The van der Waals surface area contributed by atoms with Crippen molar-refractivity contribution in [2.45, 2.75) is 39.7 Å². The average Bonchev–Trinajstić information content (AvgIpc) is 2.35. The fourth-order valence-electron chi connectivity index (χ4n) is 1.77. The summed E-state index contributed by atoms with van der Waals surface area (Å²) in [5, 5.41) is 3.40. The van der Waals surface area contributed by atoms with Crippen LogP contribution in [0.2, 0.25) is 0 Å². The van der Waals surface area contributed by atoms with E-state index in [1.54, 1.807) is 0 Å². The molecule has 0 amide bonds. The van der Waals surface area contributed by atoms with Crippen LogP contribution in [0.3, 0.4) is 0 Å². The molecule has 0 aliphatic rings. The Morgan fingerprint density at radius 2 is 1.95 bits per heavy atom. The van der Waals surface area contributed by atoms with Gasteiger partial charge in [-0.3, -0.25) is 0 Å². The minimum absolute atomic E-state index is 0.154. The van der Waals surface area contributed by atoms with Gasteiger partial charge in [-0.1, -0.05) is 22.0 Å². The molecule has 0 atom stereocenters. The first-order valence-corrected chi connectivity index (χ1v) is 7.95. The zero-order chi connectivity index (χ0) is 15.0. The fourth-order valence-corrected chi connectivity index (χ4v) is 2.33. The molecule has 0 fully saturated rings. The number of halogens is 1. The van der Waals surface area contributed by atoms with Crippen molar-refractivity contribution < 1.29 is 9.47 Å². The number of benzene rings is 1. The molecule has 4 heteroatoms. The summed E-state index contributed by atoms with van der Waals surface area (Å²) in [4.78, 5) is 0. The molecule has 1 rings (SSSR count). The van der Waals surface area contributed by atoms with Crippen LogP contribution < -0.4 is 10.1 Å². The number of hydrogen-bond acceptors (Lipinski definition) is 3. The fraction of sp³-hybridized carbons (Fsp3) is 0.625. The molecular formula is C16H26BrNO2. The predicted molar refractivity (Wildman–Crippen MR) is 87.6 cm³/mol. The Hall–Kier alpha value is -0.580. The van der Waals surface area contributed by atoms with E-state index in [1.807, 2.05) is 19.1 Å². The number of nitrogens with one attached hydrogen (secondary N) is 1. The minimum atomic E-state index is 0.154. The van der Waals surface area contributed by atoms with E-state index in [0.717, 1.165) is 36.4 Å². The molecule has 3 nitrogen and oxygen atoms in total. The van der Waals surface area contributed by atoms with Gasteiger partial charge in [-0.25, -0.2) is 0 Å². The lowest BCUT2D eigenvalue weighted by Crippen LogP contribution is -2.38. The van der Waals surface area contributed by atoms with E-state index in [0.29, 0.717) is 6.61 Å². The molecule has 0 radical (unpaired) electrons. The van der Waals surface area contributed by atoms with Crippen molar-refractivity contribution in [3.63, 3.8) is 0 Å². The summed E-state index contributed by atoms with van der Waals surface area (Å²) in [5.41, 5.74) is 1.40. The summed E-state index contributed by atoms with van der Waals surface area (Å²) in [6.07, 6.45) is 0.905. The Morgan fingerprint density at radius 3 is 2.55 bits per heavy atom. The maximum atomic E-state index is 5.65. The van der Waals surface area contributed by atoms with Gasteiger partial charge in [0, 0.05) is 16.6 Å².